The van der Waals surface area contributed by atoms with Crippen molar-refractivity contribution in [3.63, 3.8) is 0 Å². The van der Waals surface area contributed by atoms with Crippen molar-refractivity contribution >= 4 is 11.5 Å². The maximum atomic E-state index is 14.1. The van der Waals surface area contributed by atoms with Gasteiger partial charge < -0.3 is 20.4 Å². The quantitative estimate of drug-likeness (QED) is 0.666. The molecule has 0 aliphatic rings. The molecule has 0 spiro atoms. The Morgan fingerprint density at radius 1 is 1.24 bits per heavy atom. The van der Waals surface area contributed by atoms with Gasteiger partial charge in [0.25, 0.3) is 0 Å². The zero-order valence-electron chi connectivity index (χ0n) is 14.0. The zero-order valence-corrected chi connectivity index (χ0v) is 16.0. The number of ether oxygens (including phenoxy) is 1. The molecule has 0 fully saturated rings. The van der Waals surface area contributed by atoms with Crippen molar-refractivity contribution < 1.29 is 53.0 Å². The molecule has 0 saturated carbocycles. The number of hydrogen-bond acceptors (Lipinski definition) is 4. The second-order valence-electron chi connectivity index (χ2n) is 5.13. The summed E-state index contributed by atoms with van der Waals surface area (Å²) < 4.78 is 32.4. The predicted molar refractivity (Wildman–Crippen MR) is 84.0 cm³/mol. The van der Waals surface area contributed by atoms with Crippen LogP contribution in [0.2, 0.25) is 0 Å². The van der Waals surface area contributed by atoms with E-state index in [9.17, 15) is 18.7 Å². The van der Waals surface area contributed by atoms with Crippen LogP contribution in [0.15, 0.2) is 48.5 Å². The first-order valence-corrected chi connectivity index (χ1v) is 7.19. The molecule has 1 atom stereocenters. The van der Waals surface area contributed by atoms with Gasteiger partial charge in [0.15, 0.2) is 0 Å². The third-order valence-corrected chi connectivity index (χ3v) is 3.50. The van der Waals surface area contributed by atoms with Crippen LogP contribution in [-0.4, -0.2) is 19.1 Å². The fourth-order valence-electron chi connectivity index (χ4n) is 2.20. The van der Waals surface area contributed by atoms with Crippen LogP contribution in [0, 0.1) is 11.6 Å². The van der Waals surface area contributed by atoms with Crippen molar-refractivity contribution in [1.29, 1.82) is 0 Å². The summed E-state index contributed by atoms with van der Waals surface area (Å²) in [5.41, 5.74) is 6.62. The van der Waals surface area contributed by atoms with Crippen molar-refractivity contribution in [1.82, 2.24) is 0 Å². The molecule has 0 aromatic heterocycles. The SMILES string of the molecule is COc1ccc(/C(=C\CC(N)C(=O)[O-])c2ccc(F)cc2F)cc1.[Na+]. The first-order valence-electron chi connectivity index (χ1n) is 7.19. The monoisotopic (exact) mass is 355 g/mol. The summed E-state index contributed by atoms with van der Waals surface area (Å²) in [5, 5.41) is 10.8. The van der Waals surface area contributed by atoms with E-state index in [0.717, 1.165) is 12.1 Å². The van der Waals surface area contributed by atoms with E-state index in [2.05, 4.69) is 0 Å². The minimum atomic E-state index is -1.40. The zero-order chi connectivity index (χ0) is 17.7. The molecule has 25 heavy (non-hydrogen) atoms. The minimum absolute atomic E-state index is 0. The summed E-state index contributed by atoms with van der Waals surface area (Å²) >= 11 is 0. The van der Waals surface area contributed by atoms with Gasteiger partial charge in [-0.3, -0.25) is 0 Å². The summed E-state index contributed by atoms with van der Waals surface area (Å²) in [5.74, 6) is -2.24. The summed E-state index contributed by atoms with van der Waals surface area (Å²) in [6, 6.07) is 8.73. The van der Waals surface area contributed by atoms with E-state index >= 15 is 0 Å². The van der Waals surface area contributed by atoms with E-state index in [1.807, 2.05) is 0 Å². The molecule has 2 aromatic carbocycles. The number of nitrogens with two attached hydrogens (primary N) is 1. The van der Waals surface area contributed by atoms with Gasteiger partial charge >= 0.3 is 29.6 Å². The number of rotatable bonds is 6. The number of carbonyl (C=O) groups is 1. The van der Waals surface area contributed by atoms with E-state index in [1.165, 1.54) is 19.3 Å². The van der Waals surface area contributed by atoms with E-state index in [0.29, 0.717) is 16.9 Å². The number of halogens is 2. The smallest absolute Gasteiger partial charge is 0.548 e. The second kappa shape index (κ2) is 9.68. The molecule has 126 valence electrons. The van der Waals surface area contributed by atoms with Crippen LogP contribution in [0.4, 0.5) is 8.78 Å². The van der Waals surface area contributed by atoms with Gasteiger partial charge in [-0.15, -0.1) is 0 Å². The van der Waals surface area contributed by atoms with Crippen molar-refractivity contribution in [3.8, 4) is 5.75 Å². The number of benzene rings is 2. The number of carboxylic acids is 1. The molecule has 0 heterocycles. The Hall–Kier alpha value is -1.73. The number of carbonyl (C=O) groups excluding carboxylic acids is 1. The molecule has 2 aromatic rings. The normalized spacial score (nSPS) is 12.2. The first-order chi connectivity index (χ1) is 11.4. The Bertz CT molecular complexity index is 763. The molecule has 1 unspecified atom stereocenters. The minimum Gasteiger partial charge on any atom is -0.548 e. The van der Waals surface area contributed by atoms with Gasteiger partial charge in [0.2, 0.25) is 0 Å². The van der Waals surface area contributed by atoms with E-state index in [-0.39, 0.29) is 41.5 Å². The Morgan fingerprint density at radius 2 is 1.88 bits per heavy atom. The molecule has 0 aliphatic heterocycles. The summed E-state index contributed by atoms with van der Waals surface area (Å²) in [7, 11) is 1.52. The molecule has 0 saturated heterocycles. The van der Waals surface area contributed by atoms with Crippen LogP contribution in [0.25, 0.3) is 5.57 Å². The maximum absolute atomic E-state index is 14.1. The molecular weight excluding hydrogens is 339 g/mol. The number of aliphatic carboxylic acids is 1. The van der Waals surface area contributed by atoms with Gasteiger partial charge in [-0.05, 0) is 41.8 Å². The number of methoxy groups -OCH3 is 1. The largest absolute Gasteiger partial charge is 1.00 e. The molecule has 0 radical (unpaired) electrons. The number of hydrogen-bond donors (Lipinski definition) is 1. The van der Waals surface area contributed by atoms with Gasteiger partial charge in [-0.1, -0.05) is 18.2 Å². The first kappa shape index (κ1) is 21.3. The van der Waals surface area contributed by atoms with Crippen LogP contribution in [-0.2, 0) is 4.79 Å². The van der Waals surface area contributed by atoms with Gasteiger partial charge in [0.1, 0.15) is 17.4 Å². The standard InChI is InChI=1S/C18H17F2NO3.Na/c1-24-13-5-2-11(3-6-13)14(8-9-17(21)18(22)23)15-7-4-12(19)10-16(15)20;/h2-8,10,17H,9,21H2,1H3,(H,22,23);/q;+1/p-1/b14-8+;. The Balaban J connectivity index is 0.00000312. The van der Waals surface area contributed by atoms with Gasteiger partial charge in [0, 0.05) is 17.7 Å². The second-order valence-corrected chi connectivity index (χ2v) is 5.13. The van der Waals surface area contributed by atoms with Gasteiger partial charge in [-0.25, -0.2) is 8.78 Å². The molecule has 4 nitrogen and oxygen atoms in total. The number of carboxylic acid groups (broad SMARTS) is 1. The Labute approximate surface area is 166 Å². The van der Waals surface area contributed by atoms with Crippen molar-refractivity contribution in [2.24, 2.45) is 5.73 Å². The van der Waals surface area contributed by atoms with Gasteiger partial charge in [-0.2, -0.15) is 0 Å². The van der Waals surface area contributed by atoms with Crippen LogP contribution in [0.3, 0.4) is 0 Å². The van der Waals surface area contributed by atoms with E-state index in [4.69, 9.17) is 10.5 Å². The van der Waals surface area contributed by atoms with Crippen LogP contribution < -0.4 is 45.1 Å². The summed E-state index contributed by atoms with van der Waals surface area (Å²) in [6.07, 6.45) is 1.44. The molecule has 0 amide bonds. The van der Waals surface area contributed by atoms with Crippen LogP contribution >= 0.6 is 0 Å². The summed E-state index contributed by atoms with van der Waals surface area (Å²) in [6.45, 7) is 0. The fraction of sp³-hybridized carbons (Fsp3) is 0.167. The fourth-order valence-corrected chi connectivity index (χ4v) is 2.20. The predicted octanol–water partition coefficient (Wildman–Crippen LogP) is -1.12. The Morgan fingerprint density at radius 3 is 2.40 bits per heavy atom. The maximum Gasteiger partial charge on any atom is 1.00 e. The van der Waals surface area contributed by atoms with E-state index < -0.39 is 23.6 Å². The van der Waals surface area contributed by atoms with Crippen molar-refractivity contribution in [2.75, 3.05) is 7.11 Å². The van der Waals surface area contributed by atoms with Crippen molar-refractivity contribution in [3.05, 3.63) is 71.3 Å². The van der Waals surface area contributed by atoms with Gasteiger partial charge in [0.05, 0.1) is 13.1 Å². The van der Waals surface area contributed by atoms with Crippen molar-refractivity contribution in [2.45, 2.75) is 12.5 Å². The van der Waals surface area contributed by atoms with Crippen LogP contribution in [0.1, 0.15) is 17.5 Å². The molecule has 7 heteroatoms. The van der Waals surface area contributed by atoms with Crippen LogP contribution in [0.5, 0.6) is 5.75 Å². The Kier molecular flexibility index (Phi) is 8.25. The molecule has 0 aliphatic carbocycles. The van der Waals surface area contributed by atoms with E-state index in [1.54, 1.807) is 24.3 Å². The topological polar surface area (TPSA) is 75.4 Å². The molecular formula is C18H16F2NNaO3. The summed E-state index contributed by atoms with van der Waals surface area (Å²) in [4.78, 5) is 10.8. The molecule has 0 bridgehead atoms. The molecule has 2 N–H and O–H groups in total. The average Bonchev–Trinajstić information content (AvgIpc) is 2.56. The average molecular weight is 355 g/mol. The third kappa shape index (κ3) is 5.64. The molecule has 2 rings (SSSR count). The third-order valence-electron chi connectivity index (χ3n) is 3.50.